The summed E-state index contributed by atoms with van der Waals surface area (Å²) in [5, 5.41) is 0. The number of rotatable bonds is 5. The SMILES string of the molecule is O=C(Oc1ccc2c(c1)OCO2)c1ccccc1COc1ccccc1. The van der Waals surface area contributed by atoms with E-state index in [-0.39, 0.29) is 13.4 Å². The third-order valence-corrected chi connectivity index (χ3v) is 3.93. The van der Waals surface area contributed by atoms with Crippen molar-refractivity contribution in [3.63, 3.8) is 0 Å². The van der Waals surface area contributed by atoms with Crippen LogP contribution in [0.3, 0.4) is 0 Å². The van der Waals surface area contributed by atoms with Crippen LogP contribution in [0.5, 0.6) is 23.0 Å². The molecule has 0 unspecified atom stereocenters. The first-order valence-corrected chi connectivity index (χ1v) is 8.17. The Bertz CT molecular complexity index is 921. The Hall–Kier alpha value is -3.47. The fraction of sp³-hybridized carbons (Fsp3) is 0.0952. The van der Waals surface area contributed by atoms with Crippen molar-refractivity contribution in [2.45, 2.75) is 6.61 Å². The number of carbonyl (C=O) groups is 1. The van der Waals surface area contributed by atoms with E-state index in [0.717, 1.165) is 11.3 Å². The Morgan fingerprint density at radius 3 is 2.50 bits per heavy atom. The maximum Gasteiger partial charge on any atom is 0.343 e. The van der Waals surface area contributed by atoms with Gasteiger partial charge in [0.05, 0.1) is 5.56 Å². The molecule has 0 aromatic heterocycles. The lowest BCUT2D eigenvalue weighted by molar-refractivity contribution is 0.0731. The van der Waals surface area contributed by atoms with Gasteiger partial charge in [0, 0.05) is 11.6 Å². The minimum Gasteiger partial charge on any atom is -0.489 e. The van der Waals surface area contributed by atoms with Crippen LogP contribution in [-0.2, 0) is 6.61 Å². The van der Waals surface area contributed by atoms with Gasteiger partial charge in [-0.25, -0.2) is 4.79 Å². The summed E-state index contributed by atoms with van der Waals surface area (Å²) < 4.78 is 21.8. The molecule has 0 atom stereocenters. The summed E-state index contributed by atoms with van der Waals surface area (Å²) in [7, 11) is 0. The molecular formula is C21H16O5. The van der Waals surface area contributed by atoms with Crippen molar-refractivity contribution in [1.82, 2.24) is 0 Å². The molecule has 0 radical (unpaired) electrons. The number of hydrogen-bond acceptors (Lipinski definition) is 5. The van der Waals surface area contributed by atoms with Crippen molar-refractivity contribution in [3.05, 3.63) is 83.9 Å². The summed E-state index contributed by atoms with van der Waals surface area (Å²) >= 11 is 0. The Morgan fingerprint density at radius 2 is 1.62 bits per heavy atom. The van der Waals surface area contributed by atoms with Crippen molar-refractivity contribution in [3.8, 4) is 23.0 Å². The Morgan fingerprint density at radius 1 is 0.846 bits per heavy atom. The van der Waals surface area contributed by atoms with Crippen molar-refractivity contribution in [2.24, 2.45) is 0 Å². The molecule has 1 aliphatic rings. The highest BCUT2D eigenvalue weighted by atomic mass is 16.7. The van der Waals surface area contributed by atoms with Gasteiger partial charge in [-0.05, 0) is 30.3 Å². The van der Waals surface area contributed by atoms with E-state index < -0.39 is 5.97 Å². The van der Waals surface area contributed by atoms with Crippen molar-refractivity contribution >= 4 is 5.97 Å². The fourth-order valence-corrected chi connectivity index (χ4v) is 2.63. The van der Waals surface area contributed by atoms with Gasteiger partial charge in [-0.15, -0.1) is 0 Å². The van der Waals surface area contributed by atoms with E-state index in [0.29, 0.717) is 22.8 Å². The summed E-state index contributed by atoms with van der Waals surface area (Å²) in [6.45, 7) is 0.447. The van der Waals surface area contributed by atoms with Crippen molar-refractivity contribution in [1.29, 1.82) is 0 Å². The molecule has 5 heteroatoms. The molecule has 0 fully saturated rings. The van der Waals surface area contributed by atoms with E-state index in [1.807, 2.05) is 42.5 Å². The summed E-state index contributed by atoms with van der Waals surface area (Å²) in [6, 6.07) is 21.7. The van der Waals surface area contributed by atoms with Gasteiger partial charge < -0.3 is 18.9 Å². The molecule has 0 bridgehead atoms. The normalized spacial score (nSPS) is 11.8. The lowest BCUT2D eigenvalue weighted by Gasteiger charge is -2.11. The molecular weight excluding hydrogens is 332 g/mol. The predicted molar refractivity (Wildman–Crippen MR) is 94.7 cm³/mol. The summed E-state index contributed by atoms with van der Waals surface area (Å²) in [4.78, 5) is 12.6. The van der Waals surface area contributed by atoms with Gasteiger partial charge in [-0.3, -0.25) is 0 Å². The van der Waals surface area contributed by atoms with E-state index in [9.17, 15) is 4.79 Å². The Balaban J connectivity index is 1.49. The highest BCUT2D eigenvalue weighted by molar-refractivity contribution is 5.92. The zero-order chi connectivity index (χ0) is 17.8. The van der Waals surface area contributed by atoms with E-state index in [4.69, 9.17) is 18.9 Å². The summed E-state index contributed by atoms with van der Waals surface area (Å²) in [5.74, 6) is 1.90. The second-order valence-electron chi connectivity index (χ2n) is 5.66. The number of carbonyl (C=O) groups excluding carboxylic acids is 1. The van der Waals surface area contributed by atoms with Crippen LogP contribution in [0.2, 0.25) is 0 Å². The van der Waals surface area contributed by atoms with Crippen LogP contribution in [0.4, 0.5) is 0 Å². The Labute approximate surface area is 150 Å². The minimum absolute atomic E-state index is 0.173. The van der Waals surface area contributed by atoms with Crippen molar-refractivity contribution < 1.29 is 23.7 Å². The lowest BCUT2D eigenvalue weighted by atomic mass is 10.1. The maximum absolute atomic E-state index is 12.6. The minimum atomic E-state index is -0.448. The summed E-state index contributed by atoms with van der Waals surface area (Å²) in [6.07, 6.45) is 0. The van der Waals surface area contributed by atoms with E-state index in [1.165, 1.54) is 0 Å². The van der Waals surface area contributed by atoms with Crippen LogP contribution in [0.25, 0.3) is 0 Å². The average molecular weight is 348 g/mol. The second kappa shape index (κ2) is 7.19. The first kappa shape index (κ1) is 16.0. The number of para-hydroxylation sites is 1. The fourth-order valence-electron chi connectivity index (χ4n) is 2.63. The highest BCUT2D eigenvalue weighted by Gasteiger charge is 2.17. The standard InChI is InChI=1S/C21H16O5/c22-21(26-17-10-11-19-20(12-17)25-14-24-19)18-9-5-4-6-15(18)13-23-16-7-2-1-3-8-16/h1-12H,13-14H2. The third-order valence-electron chi connectivity index (χ3n) is 3.93. The van der Waals surface area contributed by atoms with Gasteiger partial charge in [0.25, 0.3) is 0 Å². The average Bonchev–Trinajstić information content (AvgIpc) is 3.15. The zero-order valence-corrected chi connectivity index (χ0v) is 13.9. The number of hydrogen-bond donors (Lipinski definition) is 0. The smallest absolute Gasteiger partial charge is 0.343 e. The molecule has 1 aliphatic heterocycles. The molecule has 26 heavy (non-hydrogen) atoms. The monoisotopic (exact) mass is 348 g/mol. The number of esters is 1. The molecule has 0 N–H and O–H groups in total. The molecule has 0 saturated heterocycles. The first-order valence-electron chi connectivity index (χ1n) is 8.17. The van der Waals surface area contributed by atoms with E-state index >= 15 is 0 Å². The highest BCUT2D eigenvalue weighted by Crippen LogP contribution is 2.35. The van der Waals surface area contributed by atoms with E-state index in [1.54, 1.807) is 30.3 Å². The molecule has 4 rings (SSSR count). The van der Waals surface area contributed by atoms with Crippen LogP contribution >= 0.6 is 0 Å². The first-order chi connectivity index (χ1) is 12.8. The van der Waals surface area contributed by atoms with Crippen LogP contribution < -0.4 is 18.9 Å². The number of benzene rings is 3. The van der Waals surface area contributed by atoms with Gasteiger partial charge in [-0.2, -0.15) is 0 Å². The molecule has 0 spiro atoms. The molecule has 3 aromatic rings. The molecule has 5 nitrogen and oxygen atoms in total. The number of ether oxygens (including phenoxy) is 4. The molecule has 1 heterocycles. The second-order valence-corrected chi connectivity index (χ2v) is 5.66. The van der Waals surface area contributed by atoms with Gasteiger partial charge >= 0.3 is 5.97 Å². The van der Waals surface area contributed by atoms with Crippen molar-refractivity contribution in [2.75, 3.05) is 6.79 Å². The zero-order valence-electron chi connectivity index (χ0n) is 13.9. The maximum atomic E-state index is 12.6. The van der Waals surface area contributed by atoms with Crippen LogP contribution in [-0.4, -0.2) is 12.8 Å². The summed E-state index contributed by atoms with van der Waals surface area (Å²) in [5.41, 5.74) is 1.21. The van der Waals surface area contributed by atoms with E-state index in [2.05, 4.69) is 0 Å². The molecule has 3 aromatic carbocycles. The third kappa shape index (κ3) is 3.47. The van der Waals surface area contributed by atoms with Gasteiger partial charge in [0.15, 0.2) is 11.5 Å². The van der Waals surface area contributed by atoms with Gasteiger partial charge in [0.2, 0.25) is 6.79 Å². The van der Waals surface area contributed by atoms with Crippen LogP contribution in [0.15, 0.2) is 72.8 Å². The quantitative estimate of drug-likeness (QED) is 0.511. The van der Waals surface area contributed by atoms with Gasteiger partial charge in [0.1, 0.15) is 18.1 Å². The molecule has 0 amide bonds. The lowest BCUT2D eigenvalue weighted by Crippen LogP contribution is -2.12. The molecule has 130 valence electrons. The number of fused-ring (bicyclic) bond motifs is 1. The molecule has 0 saturated carbocycles. The topological polar surface area (TPSA) is 54.0 Å². The molecule has 0 aliphatic carbocycles. The van der Waals surface area contributed by atoms with Crippen LogP contribution in [0, 0.1) is 0 Å². The van der Waals surface area contributed by atoms with Gasteiger partial charge in [-0.1, -0.05) is 36.4 Å². The largest absolute Gasteiger partial charge is 0.489 e. The van der Waals surface area contributed by atoms with Crippen LogP contribution in [0.1, 0.15) is 15.9 Å². The predicted octanol–water partition coefficient (Wildman–Crippen LogP) is 4.21. The Kier molecular flexibility index (Phi) is 4.43.